The van der Waals surface area contributed by atoms with Crippen LogP contribution in [0.2, 0.25) is 0 Å². The maximum atomic E-state index is 14.9. The number of aryl methyl sites for hydroxylation is 1. The molecule has 0 bridgehead atoms. The van der Waals surface area contributed by atoms with Crippen molar-refractivity contribution in [2.24, 2.45) is 0 Å². The van der Waals surface area contributed by atoms with Gasteiger partial charge < -0.3 is 4.74 Å². The first kappa shape index (κ1) is 22.7. The van der Waals surface area contributed by atoms with Crippen molar-refractivity contribution in [2.45, 2.75) is 77.2 Å². The van der Waals surface area contributed by atoms with E-state index in [1.807, 2.05) is 37.3 Å². The lowest BCUT2D eigenvalue weighted by Gasteiger charge is -2.29. The molecule has 0 heterocycles. The highest BCUT2D eigenvalue weighted by atomic mass is 19.2. The predicted octanol–water partition coefficient (Wildman–Crippen LogP) is 7.98. The molecule has 1 saturated carbocycles. The minimum Gasteiger partial charge on any atom is -0.378 e. The monoisotopic (exact) mass is 412 g/mol. The summed E-state index contributed by atoms with van der Waals surface area (Å²) in [6.45, 7) is 4.97. The van der Waals surface area contributed by atoms with Crippen molar-refractivity contribution in [2.75, 3.05) is 6.61 Å². The van der Waals surface area contributed by atoms with Crippen molar-refractivity contribution < 1.29 is 13.5 Å². The molecule has 30 heavy (non-hydrogen) atoms. The molecule has 3 rings (SSSR count). The summed E-state index contributed by atoms with van der Waals surface area (Å²) in [6.07, 6.45) is 12.1. The van der Waals surface area contributed by atoms with Crippen LogP contribution < -0.4 is 0 Å². The van der Waals surface area contributed by atoms with E-state index in [2.05, 4.69) is 13.0 Å². The highest BCUT2D eigenvalue weighted by Gasteiger charge is 2.26. The van der Waals surface area contributed by atoms with Crippen molar-refractivity contribution in [3.63, 3.8) is 0 Å². The Morgan fingerprint density at radius 1 is 0.967 bits per heavy atom. The minimum absolute atomic E-state index is 0.0774. The molecular weight excluding hydrogens is 378 g/mol. The number of rotatable bonds is 9. The van der Waals surface area contributed by atoms with Crippen LogP contribution in [0, 0.1) is 11.6 Å². The predicted molar refractivity (Wildman–Crippen MR) is 121 cm³/mol. The molecule has 1 aliphatic carbocycles. The summed E-state index contributed by atoms with van der Waals surface area (Å²) < 4.78 is 35.8. The zero-order valence-electron chi connectivity index (χ0n) is 18.3. The van der Waals surface area contributed by atoms with Gasteiger partial charge in [0.05, 0.1) is 6.10 Å². The molecule has 2 aromatic carbocycles. The Bertz CT molecular complexity index is 818. The number of hydrogen-bond donors (Lipinski definition) is 0. The highest BCUT2D eigenvalue weighted by molar-refractivity contribution is 5.65. The van der Waals surface area contributed by atoms with Gasteiger partial charge in [-0.3, -0.25) is 0 Å². The van der Waals surface area contributed by atoms with Gasteiger partial charge in [-0.25, -0.2) is 8.78 Å². The Labute approximate surface area is 180 Å². The molecule has 3 heteroatoms. The van der Waals surface area contributed by atoms with E-state index in [1.165, 1.54) is 5.56 Å². The molecule has 0 radical (unpaired) electrons. The van der Waals surface area contributed by atoms with Gasteiger partial charge in [0.15, 0.2) is 11.6 Å². The third-order valence-electron chi connectivity index (χ3n) is 6.18. The Hall–Kier alpha value is -2.00. The molecule has 1 nitrogen and oxygen atoms in total. The van der Waals surface area contributed by atoms with E-state index in [4.69, 9.17) is 4.74 Å². The van der Waals surface area contributed by atoms with Gasteiger partial charge in [-0.15, -0.1) is 0 Å². The summed E-state index contributed by atoms with van der Waals surface area (Å²) in [7, 11) is 0. The number of allylic oxidation sites excluding steroid dienone is 2. The molecule has 162 valence electrons. The van der Waals surface area contributed by atoms with Crippen LogP contribution in [-0.2, 0) is 11.2 Å². The fourth-order valence-corrected chi connectivity index (χ4v) is 4.31. The van der Waals surface area contributed by atoms with Crippen LogP contribution in [0.25, 0.3) is 11.1 Å². The summed E-state index contributed by atoms with van der Waals surface area (Å²) in [5.74, 6) is -1.33. The van der Waals surface area contributed by atoms with Crippen molar-refractivity contribution in [1.29, 1.82) is 0 Å². The summed E-state index contributed by atoms with van der Waals surface area (Å²) in [4.78, 5) is 0. The van der Waals surface area contributed by atoms with Gasteiger partial charge in [-0.2, -0.15) is 0 Å². The SMILES string of the molecule is C/C=C/CCc1ccc(-c2ccc(C3CCC(OCCCC)CC3)c(F)c2F)cc1. The van der Waals surface area contributed by atoms with Crippen LogP contribution in [0.4, 0.5) is 8.78 Å². The van der Waals surface area contributed by atoms with E-state index in [1.54, 1.807) is 12.1 Å². The van der Waals surface area contributed by atoms with Crippen molar-refractivity contribution in [3.05, 3.63) is 71.3 Å². The average Bonchev–Trinajstić information content (AvgIpc) is 2.77. The molecule has 0 saturated heterocycles. The van der Waals surface area contributed by atoms with Crippen LogP contribution in [0.5, 0.6) is 0 Å². The second-order valence-electron chi connectivity index (χ2n) is 8.33. The van der Waals surface area contributed by atoms with Crippen LogP contribution in [0.1, 0.15) is 75.8 Å². The first-order valence-electron chi connectivity index (χ1n) is 11.4. The molecule has 0 unspecified atom stereocenters. The molecule has 1 fully saturated rings. The maximum Gasteiger partial charge on any atom is 0.166 e. The Kier molecular flexibility index (Phi) is 8.62. The maximum absolute atomic E-state index is 14.9. The molecular formula is C27H34F2O. The van der Waals surface area contributed by atoms with E-state index in [0.29, 0.717) is 11.1 Å². The topological polar surface area (TPSA) is 9.23 Å². The van der Waals surface area contributed by atoms with E-state index >= 15 is 0 Å². The third kappa shape index (κ3) is 5.78. The highest BCUT2D eigenvalue weighted by Crippen LogP contribution is 2.37. The largest absolute Gasteiger partial charge is 0.378 e. The quantitative estimate of drug-likeness (QED) is 0.300. The standard InChI is InChI=1S/C27H34F2O/c1-3-5-7-8-20-9-11-21(12-10-20)24-17-18-25(27(29)26(24)28)22-13-15-23(16-14-22)30-19-6-4-2/h3,5,9-12,17-18,22-23H,4,6-8,13-16,19H2,1-2H3/b5-3+. The van der Waals surface area contributed by atoms with E-state index in [-0.39, 0.29) is 12.0 Å². The van der Waals surface area contributed by atoms with Crippen molar-refractivity contribution >= 4 is 0 Å². The van der Waals surface area contributed by atoms with Gasteiger partial charge in [0.25, 0.3) is 0 Å². The van der Waals surface area contributed by atoms with E-state index in [0.717, 1.165) is 63.5 Å². The zero-order valence-corrected chi connectivity index (χ0v) is 18.3. The van der Waals surface area contributed by atoms with Gasteiger partial charge in [0, 0.05) is 12.2 Å². The molecule has 0 N–H and O–H groups in total. The number of hydrogen-bond acceptors (Lipinski definition) is 1. The second-order valence-corrected chi connectivity index (χ2v) is 8.33. The fourth-order valence-electron chi connectivity index (χ4n) is 4.31. The molecule has 0 amide bonds. The van der Waals surface area contributed by atoms with Gasteiger partial charge in [-0.1, -0.05) is 61.9 Å². The minimum atomic E-state index is -0.726. The van der Waals surface area contributed by atoms with Gasteiger partial charge in [0.2, 0.25) is 0 Å². The number of benzene rings is 2. The van der Waals surface area contributed by atoms with Gasteiger partial charge in [-0.05, 0) is 74.5 Å². The number of unbranched alkanes of at least 4 members (excludes halogenated alkanes) is 1. The van der Waals surface area contributed by atoms with Crippen molar-refractivity contribution in [1.82, 2.24) is 0 Å². The Morgan fingerprint density at radius 2 is 1.70 bits per heavy atom. The average molecular weight is 413 g/mol. The number of halogens is 2. The van der Waals surface area contributed by atoms with Gasteiger partial charge >= 0.3 is 0 Å². The smallest absolute Gasteiger partial charge is 0.166 e. The summed E-state index contributed by atoms with van der Waals surface area (Å²) in [5, 5.41) is 0. The van der Waals surface area contributed by atoms with Crippen LogP contribution in [0.3, 0.4) is 0 Å². The van der Waals surface area contributed by atoms with Crippen molar-refractivity contribution in [3.8, 4) is 11.1 Å². The second kappa shape index (κ2) is 11.4. The van der Waals surface area contributed by atoms with Crippen LogP contribution >= 0.6 is 0 Å². The fraction of sp³-hybridized carbons (Fsp3) is 0.481. The molecule has 0 spiro atoms. The third-order valence-corrected chi connectivity index (χ3v) is 6.18. The molecule has 2 aromatic rings. The van der Waals surface area contributed by atoms with E-state index in [9.17, 15) is 8.78 Å². The Morgan fingerprint density at radius 3 is 2.37 bits per heavy atom. The normalized spacial score (nSPS) is 19.5. The molecule has 0 aliphatic heterocycles. The molecule has 0 atom stereocenters. The lowest BCUT2D eigenvalue weighted by Crippen LogP contribution is -2.22. The zero-order chi connectivity index (χ0) is 21.3. The van der Waals surface area contributed by atoms with E-state index < -0.39 is 11.6 Å². The molecule has 0 aromatic heterocycles. The first-order valence-corrected chi connectivity index (χ1v) is 11.4. The Balaban J connectivity index is 1.66. The van der Waals surface area contributed by atoms with Crippen LogP contribution in [0.15, 0.2) is 48.6 Å². The summed E-state index contributed by atoms with van der Waals surface area (Å²) in [6, 6.07) is 11.3. The summed E-state index contributed by atoms with van der Waals surface area (Å²) in [5.41, 5.74) is 2.78. The number of ether oxygens (including phenoxy) is 1. The van der Waals surface area contributed by atoms with Crippen LogP contribution in [-0.4, -0.2) is 12.7 Å². The molecule has 1 aliphatic rings. The lowest BCUT2D eigenvalue weighted by atomic mass is 9.82. The lowest BCUT2D eigenvalue weighted by molar-refractivity contribution is 0.0230. The summed E-state index contributed by atoms with van der Waals surface area (Å²) >= 11 is 0. The van der Waals surface area contributed by atoms with Gasteiger partial charge in [0.1, 0.15) is 0 Å². The first-order chi connectivity index (χ1) is 14.6.